The van der Waals surface area contributed by atoms with E-state index in [9.17, 15) is 8.42 Å². The van der Waals surface area contributed by atoms with E-state index < -0.39 is 10.0 Å². The van der Waals surface area contributed by atoms with Crippen LogP contribution in [-0.2, 0) is 21.3 Å². The molecule has 5 nitrogen and oxygen atoms in total. The van der Waals surface area contributed by atoms with Gasteiger partial charge in [-0.3, -0.25) is 0 Å². The molecule has 0 saturated heterocycles. The molecule has 0 amide bonds. The lowest BCUT2D eigenvalue weighted by atomic mass is 10.2. The summed E-state index contributed by atoms with van der Waals surface area (Å²) in [5.41, 5.74) is 0.858. The van der Waals surface area contributed by atoms with Crippen LogP contribution in [0.1, 0.15) is 18.9 Å². The van der Waals surface area contributed by atoms with Gasteiger partial charge >= 0.3 is 0 Å². The Hall–Kier alpha value is -0.660. The molecule has 0 spiro atoms. The van der Waals surface area contributed by atoms with Crippen molar-refractivity contribution in [1.82, 2.24) is 10.0 Å². The van der Waals surface area contributed by atoms with E-state index in [-0.39, 0.29) is 10.9 Å². The quantitative estimate of drug-likeness (QED) is 0.766. The fourth-order valence-corrected chi connectivity index (χ4v) is 3.39. The second-order valence-corrected chi connectivity index (χ2v) is 6.59. The third-order valence-electron chi connectivity index (χ3n) is 2.88. The largest absolute Gasteiger partial charge is 0.383 e. The Kier molecular flexibility index (Phi) is 6.91. The molecule has 2 N–H and O–H groups in total. The van der Waals surface area contributed by atoms with Crippen molar-refractivity contribution in [2.24, 2.45) is 0 Å². The number of hydrogen-bond donors (Lipinski definition) is 2. The van der Waals surface area contributed by atoms with Crippen LogP contribution in [0, 0.1) is 0 Å². The van der Waals surface area contributed by atoms with Crippen molar-refractivity contribution in [2.45, 2.75) is 30.8 Å². The highest BCUT2D eigenvalue weighted by Gasteiger charge is 2.19. The Morgan fingerprint density at radius 2 is 2.10 bits per heavy atom. The number of halogens is 1. The zero-order valence-corrected chi connectivity index (χ0v) is 13.5. The molecule has 0 saturated carbocycles. The Bertz CT molecular complexity index is 534. The molecular weight excluding hydrogens is 300 g/mol. The van der Waals surface area contributed by atoms with Gasteiger partial charge in [-0.15, -0.1) is 0 Å². The molecule has 0 aliphatic heterocycles. The lowest BCUT2D eigenvalue weighted by Crippen LogP contribution is -2.37. The van der Waals surface area contributed by atoms with Crippen LogP contribution in [0.25, 0.3) is 0 Å². The maximum Gasteiger partial charge on any atom is 0.240 e. The number of nitrogens with one attached hydrogen (secondary N) is 2. The summed E-state index contributed by atoms with van der Waals surface area (Å²) in [4.78, 5) is 0.164. The summed E-state index contributed by atoms with van der Waals surface area (Å²) in [6, 6.07) is 4.49. The first-order chi connectivity index (χ1) is 9.44. The average Bonchev–Trinajstić information content (AvgIpc) is 2.40. The summed E-state index contributed by atoms with van der Waals surface area (Å²) in [6.07, 6.45) is 0.651. The molecule has 0 heterocycles. The van der Waals surface area contributed by atoms with Gasteiger partial charge < -0.3 is 10.1 Å². The lowest BCUT2D eigenvalue weighted by molar-refractivity contribution is 0.173. The van der Waals surface area contributed by atoms with Crippen molar-refractivity contribution in [2.75, 3.05) is 20.8 Å². The van der Waals surface area contributed by atoms with E-state index in [1.807, 2.05) is 6.92 Å². The van der Waals surface area contributed by atoms with Crippen LogP contribution in [0.3, 0.4) is 0 Å². The van der Waals surface area contributed by atoms with Crippen molar-refractivity contribution >= 4 is 21.6 Å². The Balaban J connectivity index is 2.95. The van der Waals surface area contributed by atoms with Crippen molar-refractivity contribution in [1.29, 1.82) is 0 Å². The number of ether oxygens (including phenoxy) is 1. The van der Waals surface area contributed by atoms with Crippen LogP contribution < -0.4 is 10.0 Å². The van der Waals surface area contributed by atoms with Gasteiger partial charge in [0.05, 0.1) is 11.5 Å². The summed E-state index contributed by atoms with van der Waals surface area (Å²) in [7, 11) is -0.236. The molecule has 0 fully saturated rings. The maximum atomic E-state index is 12.3. The predicted octanol–water partition coefficient (Wildman–Crippen LogP) is 1.76. The minimum absolute atomic E-state index is 0.164. The maximum absolute atomic E-state index is 12.3. The van der Waals surface area contributed by atoms with Crippen LogP contribution in [-0.4, -0.2) is 35.2 Å². The Labute approximate surface area is 125 Å². The van der Waals surface area contributed by atoms with Crippen molar-refractivity contribution < 1.29 is 13.2 Å². The molecular formula is C13H21ClN2O3S. The second kappa shape index (κ2) is 7.95. The first kappa shape index (κ1) is 17.4. The van der Waals surface area contributed by atoms with Crippen LogP contribution in [0.5, 0.6) is 0 Å². The van der Waals surface area contributed by atoms with Gasteiger partial charge in [0.25, 0.3) is 0 Å². The summed E-state index contributed by atoms with van der Waals surface area (Å²) in [6.45, 7) is 2.82. The fourth-order valence-electron chi connectivity index (χ4n) is 1.75. The van der Waals surface area contributed by atoms with Crippen LogP contribution in [0.15, 0.2) is 23.1 Å². The molecule has 0 aromatic heterocycles. The van der Waals surface area contributed by atoms with Crippen molar-refractivity contribution in [3.8, 4) is 0 Å². The topological polar surface area (TPSA) is 67.4 Å². The second-order valence-electron chi connectivity index (χ2n) is 4.47. The van der Waals surface area contributed by atoms with Gasteiger partial charge in [0.1, 0.15) is 0 Å². The summed E-state index contributed by atoms with van der Waals surface area (Å²) in [5.74, 6) is 0. The van der Waals surface area contributed by atoms with Gasteiger partial charge in [-0.05, 0) is 31.2 Å². The number of rotatable bonds is 8. The molecule has 1 unspecified atom stereocenters. The van der Waals surface area contributed by atoms with E-state index in [2.05, 4.69) is 10.0 Å². The van der Waals surface area contributed by atoms with Crippen molar-refractivity contribution in [3.63, 3.8) is 0 Å². The highest BCUT2D eigenvalue weighted by Crippen LogP contribution is 2.21. The lowest BCUT2D eigenvalue weighted by Gasteiger charge is -2.16. The minimum atomic E-state index is -3.58. The SMILES string of the molecule is CCC(COC)NS(=O)(=O)c1ccc(CNC)c(Cl)c1. The first-order valence-electron chi connectivity index (χ1n) is 6.38. The fraction of sp³-hybridized carbons (Fsp3) is 0.538. The van der Waals surface area contributed by atoms with E-state index in [0.29, 0.717) is 24.6 Å². The molecule has 20 heavy (non-hydrogen) atoms. The number of sulfonamides is 1. The van der Waals surface area contributed by atoms with Crippen molar-refractivity contribution in [3.05, 3.63) is 28.8 Å². The minimum Gasteiger partial charge on any atom is -0.383 e. The van der Waals surface area contributed by atoms with Gasteiger partial charge in [0.2, 0.25) is 10.0 Å². The van der Waals surface area contributed by atoms with Gasteiger partial charge in [0, 0.05) is 24.7 Å². The molecule has 114 valence electrons. The molecule has 1 aromatic rings. The molecule has 0 bridgehead atoms. The van der Waals surface area contributed by atoms with Crippen LogP contribution in [0.4, 0.5) is 0 Å². The molecule has 0 radical (unpaired) electrons. The third kappa shape index (κ3) is 4.71. The molecule has 1 aromatic carbocycles. The molecule has 0 aliphatic rings. The number of benzene rings is 1. The monoisotopic (exact) mass is 320 g/mol. The van der Waals surface area contributed by atoms with E-state index >= 15 is 0 Å². The van der Waals surface area contributed by atoms with E-state index in [1.165, 1.54) is 6.07 Å². The normalized spacial score (nSPS) is 13.4. The van der Waals surface area contributed by atoms with Gasteiger partial charge in [-0.2, -0.15) is 0 Å². The molecule has 1 rings (SSSR count). The van der Waals surface area contributed by atoms with Gasteiger partial charge in [-0.1, -0.05) is 24.6 Å². The van der Waals surface area contributed by atoms with E-state index in [4.69, 9.17) is 16.3 Å². The summed E-state index contributed by atoms with van der Waals surface area (Å²) < 4.78 is 32.1. The zero-order valence-electron chi connectivity index (χ0n) is 11.9. The summed E-state index contributed by atoms with van der Waals surface area (Å²) >= 11 is 6.09. The van der Waals surface area contributed by atoms with Gasteiger partial charge in [-0.25, -0.2) is 13.1 Å². The van der Waals surface area contributed by atoms with E-state index in [0.717, 1.165) is 5.56 Å². The van der Waals surface area contributed by atoms with E-state index in [1.54, 1.807) is 26.3 Å². The number of methoxy groups -OCH3 is 1. The summed E-state index contributed by atoms with van der Waals surface area (Å²) in [5, 5.41) is 3.41. The number of hydrogen-bond acceptors (Lipinski definition) is 4. The highest BCUT2D eigenvalue weighted by atomic mass is 35.5. The standard InChI is InChI=1S/C13H21ClN2O3S/c1-4-11(9-19-3)16-20(17,18)12-6-5-10(8-15-2)13(14)7-12/h5-7,11,15-16H,4,8-9H2,1-3H3. The smallest absolute Gasteiger partial charge is 0.240 e. The Morgan fingerprint density at radius 3 is 2.60 bits per heavy atom. The Morgan fingerprint density at radius 1 is 1.40 bits per heavy atom. The zero-order chi connectivity index (χ0) is 15.2. The molecule has 7 heteroatoms. The van der Waals surface area contributed by atoms with Crippen LogP contribution >= 0.6 is 11.6 Å². The van der Waals surface area contributed by atoms with Gasteiger partial charge in [0.15, 0.2) is 0 Å². The molecule has 1 atom stereocenters. The predicted molar refractivity (Wildman–Crippen MR) is 80.5 cm³/mol. The average molecular weight is 321 g/mol. The molecule has 0 aliphatic carbocycles. The van der Waals surface area contributed by atoms with Crippen LogP contribution in [0.2, 0.25) is 5.02 Å². The highest BCUT2D eigenvalue weighted by molar-refractivity contribution is 7.89. The first-order valence-corrected chi connectivity index (χ1v) is 8.25. The third-order valence-corrected chi connectivity index (χ3v) is 4.75.